The Kier molecular flexibility index (Phi) is 7.83. The highest BCUT2D eigenvalue weighted by Crippen LogP contribution is 2.29. The van der Waals surface area contributed by atoms with E-state index in [1.807, 2.05) is 37.3 Å². The van der Waals surface area contributed by atoms with Gasteiger partial charge in [0, 0.05) is 41.6 Å². The molecule has 10 heteroatoms. The van der Waals surface area contributed by atoms with Crippen LogP contribution in [0.4, 0.5) is 22.7 Å². The molecule has 1 aliphatic rings. The van der Waals surface area contributed by atoms with Crippen molar-refractivity contribution >= 4 is 45.3 Å². The molecular formula is C28H27N5O5. The van der Waals surface area contributed by atoms with Gasteiger partial charge in [0.2, 0.25) is 0 Å². The molecule has 2 amide bonds. The minimum absolute atomic E-state index is 0.0924. The Bertz CT molecular complexity index is 1450. The average molecular weight is 514 g/mol. The monoisotopic (exact) mass is 513 g/mol. The van der Waals surface area contributed by atoms with E-state index in [0.717, 1.165) is 22.7 Å². The molecule has 0 bridgehead atoms. The van der Waals surface area contributed by atoms with Crippen LogP contribution < -0.4 is 16.4 Å². The van der Waals surface area contributed by atoms with E-state index in [-0.39, 0.29) is 12.3 Å². The normalized spacial score (nSPS) is 12.2. The van der Waals surface area contributed by atoms with Crippen LogP contribution in [0.1, 0.15) is 27.6 Å². The summed E-state index contributed by atoms with van der Waals surface area (Å²) in [5.41, 5.74) is 14.5. The number of nitro groups is 1. The van der Waals surface area contributed by atoms with Gasteiger partial charge in [0.05, 0.1) is 28.0 Å². The minimum atomic E-state index is -0.411. The van der Waals surface area contributed by atoms with Crippen molar-refractivity contribution in [2.24, 2.45) is 0 Å². The molecule has 0 unspecified atom stereocenters. The highest BCUT2D eigenvalue weighted by Gasteiger charge is 2.36. The van der Waals surface area contributed by atoms with Gasteiger partial charge < -0.3 is 16.4 Å². The van der Waals surface area contributed by atoms with E-state index in [1.54, 1.807) is 48.5 Å². The SMILES string of the molecule is CCN(CCON1C(=O)c2ccccc2C1=O)c1ccc(N)cc1.Nc1ccc([N+](=O)[O-])c2ccccc12. The number of nitrogens with two attached hydrogens (primary N) is 2. The lowest BCUT2D eigenvalue weighted by Gasteiger charge is -2.24. The Hall–Kier alpha value is -4.96. The summed E-state index contributed by atoms with van der Waals surface area (Å²) in [5, 5.41) is 12.8. The van der Waals surface area contributed by atoms with E-state index in [4.69, 9.17) is 16.3 Å². The second-order valence-electron chi connectivity index (χ2n) is 8.43. The fraction of sp³-hybridized carbons (Fsp3) is 0.143. The summed E-state index contributed by atoms with van der Waals surface area (Å²) in [4.78, 5) is 42.3. The molecule has 5 rings (SSSR count). The lowest BCUT2D eigenvalue weighted by atomic mass is 10.1. The molecule has 4 N–H and O–H groups in total. The number of hydrogen-bond donors (Lipinski definition) is 2. The van der Waals surface area contributed by atoms with Gasteiger partial charge in [0.15, 0.2) is 0 Å². The molecule has 0 aromatic heterocycles. The van der Waals surface area contributed by atoms with Gasteiger partial charge in [-0.15, -0.1) is 5.06 Å². The van der Waals surface area contributed by atoms with Gasteiger partial charge in [0.1, 0.15) is 0 Å². The smallest absolute Gasteiger partial charge is 0.285 e. The number of amides is 2. The van der Waals surface area contributed by atoms with Gasteiger partial charge in [0.25, 0.3) is 17.5 Å². The zero-order valence-corrected chi connectivity index (χ0v) is 20.7. The summed E-state index contributed by atoms with van der Waals surface area (Å²) >= 11 is 0. The number of hydrogen-bond acceptors (Lipinski definition) is 8. The number of rotatable bonds is 7. The number of benzene rings is 4. The molecule has 0 aliphatic carbocycles. The van der Waals surface area contributed by atoms with Crippen molar-refractivity contribution in [2.45, 2.75) is 6.92 Å². The van der Waals surface area contributed by atoms with Crippen LogP contribution in [0.5, 0.6) is 0 Å². The quantitative estimate of drug-likeness (QED) is 0.157. The maximum absolute atomic E-state index is 12.2. The molecule has 1 aliphatic heterocycles. The van der Waals surface area contributed by atoms with Gasteiger partial charge >= 0.3 is 0 Å². The summed E-state index contributed by atoms with van der Waals surface area (Å²) in [6.45, 7) is 3.57. The first-order valence-electron chi connectivity index (χ1n) is 11.9. The zero-order valence-electron chi connectivity index (χ0n) is 20.7. The predicted molar refractivity (Wildman–Crippen MR) is 147 cm³/mol. The average Bonchev–Trinajstić information content (AvgIpc) is 3.17. The summed E-state index contributed by atoms with van der Waals surface area (Å²) in [6, 6.07) is 24.3. The first-order chi connectivity index (χ1) is 18.3. The van der Waals surface area contributed by atoms with Crippen LogP contribution in [0.25, 0.3) is 10.8 Å². The molecule has 0 atom stereocenters. The predicted octanol–water partition coefficient (Wildman–Crippen LogP) is 4.65. The highest BCUT2D eigenvalue weighted by atomic mass is 16.7. The molecule has 0 saturated carbocycles. The number of carbonyl (C=O) groups is 2. The highest BCUT2D eigenvalue weighted by molar-refractivity contribution is 6.20. The number of carbonyl (C=O) groups excluding carboxylic acids is 2. The standard InChI is InChI=1S/C18H19N3O3.C10H8N2O2/c1-2-20(14-9-7-13(19)8-10-14)11-12-24-21-17(22)15-5-3-4-6-16(15)18(21)23;11-9-5-6-10(12(13)14)8-4-2-1-3-7(8)9/h3-10H,2,11-12,19H2,1H3;1-6H,11H2. The van der Waals surface area contributed by atoms with Crippen molar-refractivity contribution in [1.29, 1.82) is 0 Å². The number of imide groups is 1. The van der Waals surface area contributed by atoms with Crippen LogP contribution in [0.15, 0.2) is 84.9 Å². The number of anilines is 3. The first kappa shape index (κ1) is 26.1. The summed E-state index contributed by atoms with van der Waals surface area (Å²) in [7, 11) is 0. The van der Waals surface area contributed by atoms with Crippen molar-refractivity contribution in [3.05, 3.63) is 106 Å². The number of non-ortho nitro benzene ring substituents is 1. The molecular weight excluding hydrogens is 486 g/mol. The maximum Gasteiger partial charge on any atom is 0.285 e. The van der Waals surface area contributed by atoms with E-state index >= 15 is 0 Å². The Morgan fingerprint density at radius 2 is 1.42 bits per heavy atom. The molecule has 38 heavy (non-hydrogen) atoms. The molecule has 0 spiro atoms. The Morgan fingerprint density at radius 1 is 0.842 bits per heavy atom. The Morgan fingerprint density at radius 3 is 2.00 bits per heavy atom. The molecule has 0 fully saturated rings. The third-order valence-corrected chi connectivity index (χ3v) is 6.11. The van der Waals surface area contributed by atoms with Crippen LogP contribution in [0.2, 0.25) is 0 Å². The topological polar surface area (TPSA) is 145 Å². The van der Waals surface area contributed by atoms with Gasteiger partial charge in [-0.1, -0.05) is 30.3 Å². The van der Waals surface area contributed by atoms with Gasteiger partial charge in [-0.25, -0.2) is 0 Å². The minimum Gasteiger partial charge on any atom is -0.399 e. The number of nitro benzene ring substituents is 1. The van der Waals surface area contributed by atoms with E-state index in [2.05, 4.69) is 4.90 Å². The lowest BCUT2D eigenvalue weighted by molar-refractivity contribution is -0.383. The Balaban J connectivity index is 0.000000204. The third-order valence-electron chi connectivity index (χ3n) is 6.11. The zero-order chi connectivity index (χ0) is 27.2. The second kappa shape index (κ2) is 11.4. The first-order valence-corrected chi connectivity index (χ1v) is 11.9. The summed E-state index contributed by atoms with van der Waals surface area (Å²) in [6.07, 6.45) is 0. The molecule has 0 radical (unpaired) electrons. The van der Waals surface area contributed by atoms with Gasteiger partial charge in [-0.2, -0.15) is 0 Å². The fourth-order valence-electron chi connectivity index (χ4n) is 4.15. The van der Waals surface area contributed by atoms with Gasteiger partial charge in [-0.3, -0.25) is 24.5 Å². The molecule has 0 saturated heterocycles. The molecule has 1 heterocycles. The van der Waals surface area contributed by atoms with Crippen molar-refractivity contribution in [3.8, 4) is 0 Å². The van der Waals surface area contributed by atoms with Crippen molar-refractivity contribution in [3.63, 3.8) is 0 Å². The summed E-state index contributed by atoms with van der Waals surface area (Å²) in [5.74, 6) is -0.822. The van der Waals surface area contributed by atoms with Gasteiger partial charge in [-0.05, 0) is 55.5 Å². The van der Waals surface area contributed by atoms with Crippen molar-refractivity contribution in [2.75, 3.05) is 36.1 Å². The summed E-state index contributed by atoms with van der Waals surface area (Å²) < 4.78 is 0. The molecule has 194 valence electrons. The number of hydroxylamine groups is 2. The number of likely N-dealkylation sites (N-methyl/N-ethyl adjacent to an activating group) is 1. The van der Waals surface area contributed by atoms with Crippen LogP contribution in [0.3, 0.4) is 0 Å². The maximum atomic E-state index is 12.2. The molecule has 4 aromatic rings. The number of nitrogens with zero attached hydrogens (tertiary/aromatic N) is 3. The largest absolute Gasteiger partial charge is 0.399 e. The lowest BCUT2D eigenvalue weighted by Crippen LogP contribution is -2.34. The van der Waals surface area contributed by atoms with E-state index in [0.29, 0.717) is 34.4 Å². The fourth-order valence-corrected chi connectivity index (χ4v) is 4.15. The van der Waals surface area contributed by atoms with Crippen LogP contribution in [0, 0.1) is 10.1 Å². The Labute approximate surface area is 219 Å². The van der Waals surface area contributed by atoms with Crippen LogP contribution in [-0.2, 0) is 4.84 Å². The number of nitrogen functional groups attached to an aromatic ring is 2. The van der Waals surface area contributed by atoms with Crippen molar-refractivity contribution < 1.29 is 19.3 Å². The van der Waals surface area contributed by atoms with Crippen LogP contribution in [-0.4, -0.2) is 41.5 Å². The second-order valence-corrected chi connectivity index (χ2v) is 8.43. The number of fused-ring (bicyclic) bond motifs is 2. The van der Waals surface area contributed by atoms with E-state index in [1.165, 1.54) is 6.07 Å². The van der Waals surface area contributed by atoms with Crippen LogP contribution >= 0.6 is 0 Å². The third kappa shape index (κ3) is 5.40. The van der Waals surface area contributed by atoms with E-state index in [9.17, 15) is 19.7 Å². The van der Waals surface area contributed by atoms with E-state index < -0.39 is 16.7 Å². The van der Waals surface area contributed by atoms with Crippen molar-refractivity contribution in [1.82, 2.24) is 5.06 Å². The molecule has 4 aromatic carbocycles. The molecule has 10 nitrogen and oxygen atoms in total.